The third-order valence-electron chi connectivity index (χ3n) is 3.78. The summed E-state index contributed by atoms with van der Waals surface area (Å²) in [4.78, 5) is 4.58. The van der Waals surface area contributed by atoms with Gasteiger partial charge in [-0.05, 0) is 26.3 Å². The summed E-state index contributed by atoms with van der Waals surface area (Å²) in [6.45, 7) is 4.19. The van der Waals surface area contributed by atoms with Crippen LogP contribution in [0.1, 0.15) is 29.6 Å². The van der Waals surface area contributed by atoms with Crippen molar-refractivity contribution in [1.29, 1.82) is 0 Å². The number of sulfonamides is 1. The number of fused-ring (bicyclic) bond motifs is 1. The van der Waals surface area contributed by atoms with Crippen molar-refractivity contribution in [2.45, 2.75) is 50.8 Å². The summed E-state index contributed by atoms with van der Waals surface area (Å²) in [5, 5.41) is 4.34. The van der Waals surface area contributed by atoms with Crippen LogP contribution in [0.5, 0.6) is 0 Å². The van der Waals surface area contributed by atoms with Gasteiger partial charge in [0.1, 0.15) is 28.8 Å². The summed E-state index contributed by atoms with van der Waals surface area (Å²) in [5.41, 5.74) is 0. The van der Waals surface area contributed by atoms with Gasteiger partial charge in [-0.3, -0.25) is 0 Å². The summed E-state index contributed by atoms with van der Waals surface area (Å²) >= 11 is 0. The smallest absolute Gasteiger partial charge is 0.244 e. The van der Waals surface area contributed by atoms with Gasteiger partial charge in [-0.25, -0.2) is 22.8 Å². The Morgan fingerprint density at radius 3 is 2.91 bits per heavy atom. The van der Waals surface area contributed by atoms with Crippen LogP contribution in [-0.2, 0) is 34.3 Å². The normalized spacial score (nSPS) is 18.1. The molecule has 0 spiro atoms. The van der Waals surface area contributed by atoms with Crippen molar-refractivity contribution in [1.82, 2.24) is 19.5 Å². The minimum Gasteiger partial charge on any atom is -0.465 e. The first-order valence-corrected chi connectivity index (χ1v) is 8.88. The Morgan fingerprint density at radius 1 is 1.48 bits per heavy atom. The summed E-state index contributed by atoms with van der Waals surface area (Å²) < 4.78 is 39.9. The highest BCUT2D eigenvalue weighted by Gasteiger charge is 2.28. The molecule has 0 saturated heterocycles. The molecule has 126 valence electrons. The van der Waals surface area contributed by atoms with Crippen LogP contribution in [0.2, 0.25) is 0 Å². The monoisotopic (exact) mass is 340 g/mol. The van der Waals surface area contributed by atoms with Crippen LogP contribution < -0.4 is 4.72 Å². The van der Waals surface area contributed by atoms with Crippen LogP contribution in [-0.4, -0.2) is 36.3 Å². The van der Waals surface area contributed by atoms with E-state index in [1.165, 1.54) is 6.07 Å². The van der Waals surface area contributed by atoms with Crippen LogP contribution in [0.4, 0.5) is 0 Å². The van der Waals surface area contributed by atoms with Crippen molar-refractivity contribution in [2.24, 2.45) is 0 Å². The molecule has 0 fully saturated rings. The van der Waals surface area contributed by atoms with Crippen molar-refractivity contribution >= 4 is 10.0 Å². The Kier molecular flexibility index (Phi) is 4.26. The van der Waals surface area contributed by atoms with Crippen molar-refractivity contribution in [3.8, 4) is 0 Å². The molecule has 0 aromatic carbocycles. The largest absolute Gasteiger partial charge is 0.465 e. The zero-order valence-electron chi connectivity index (χ0n) is 13.4. The summed E-state index contributed by atoms with van der Waals surface area (Å²) in [6.07, 6.45) is 1.35. The maximum absolute atomic E-state index is 12.5. The highest BCUT2D eigenvalue weighted by atomic mass is 32.2. The molecule has 1 N–H and O–H groups in total. The number of methoxy groups -OCH3 is 1. The first-order chi connectivity index (χ1) is 10.9. The fraction of sp³-hybridized carbons (Fsp3) is 0.571. The third-order valence-corrected chi connectivity index (χ3v) is 5.41. The SMILES string of the molecule is COCc1nc2n(n1)C[C@@H](NS(=O)(=O)c1cc(C)oc1C)CC2. The number of aromatic nitrogens is 3. The third kappa shape index (κ3) is 3.31. The van der Waals surface area contributed by atoms with Crippen LogP contribution >= 0.6 is 0 Å². The molecule has 1 atom stereocenters. The summed E-state index contributed by atoms with van der Waals surface area (Å²) in [5.74, 6) is 2.46. The highest BCUT2D eigenvalue weighted by molar-refractivity contribution is 7.89. The highest BCUT2D eigenvalue weighted by Crippen LogP contribution is 2.21. The number of aryl methyl sites for hydroxylation is 3. The van der Waals surface area contributed by atoms with E-state index in [-0.39, 0.29) is 10.9 Å². The average Bonchev–Trinajstić information content (AvgIpc) is 3.01. The molecule has 1 aliphatic heterocycles. The zero-order valence-corrected chi connectivity index (χ0v) is 14.2. The van der Waals surface area contributed by atoms with E-state index in [0.29, 0.717) is 43.3 Å². The van der Waals surface area contributed by atoms with E-state index in [1.807, 2.05) is 0 Å². The first kappa shape index (κ1) is 16.2. The average molecular weight is 340 g/mol. The van der Waals surface area contributed by atoms with Gasteiger partial charge in [-0.1, -0.05) is 0 Å². The molecule has 3 heterocycles. The lowest BCUT2D eigenvalue weighted by Crippen LogP contribution is -2.41. The number of ether oxygens (including phenoxy) is 1. The predicted molar refractivity (Wildman–Crippen MR) is 81.3 cm³/mol. The molecule has 0 unspecified atom stereocenters. The van der Waals surface area contributed by atoms with E-state index in [9.17, 15) is 8.42 Å². The second-order valence-corrected chi connectivity index (χ2v) is 7.38. The number of rotatable bonds is 5. The molecule has 8 nitrogen and oxygen atoms in total. The maximum Gasteiger partial charge on any atom is 0.244 e. The fourth-order valence-electron chi connectivity index (χ4n) is 2.80. The first-order valence-electron chi connectivity index (χ1n) is 7.40. The molecule has 0 amide bonds. The van der Waals surface area contributed by atoms with Crippen molar-refractivity contribution in [3.63, 3.8) is 0 Å². The van der Waals surface area contributed by atoms with Gasteiger partial charge in [0.05, 0.1) is 6.54 Å². The number of hydrogen-bond donors (Lipinski definition) is 1. The Bertz CT molecular complexity index is 809. The minimum absolute atomic E-state index is 0.194. The van der Waals surface area contributed by atoms with E-state index in [2.05, 4.69) is 14.8 Å². The molecule has 0 bridgehead atoms. The van der Waals surface area contributed by atoms with Crippen molar-refractivity contribution in [3.05, 3.63) is 29.2 Å². The van der Waals surface area contributed by atoms with Crippen LogP contribution in [0.25, 0.3) is 0 Å². The van der Waals surface area contributed by atoms with Gasteiger partial charge in [-0.2, -0.15) is 5.10 Å². The molecule has 9 heteroatoms. The Hall–Kier alpha value is -1.71. The Balaban J connectivity index is 1.75. The van der Waals surface area contributed by atoms with E-state index in [0.717, 1.165) is 5.82 Å². The van der Waals surface area contributed by atoms with E-state index >= 15 is 0 Å². The molecule has 2 aromatic heterocycles. The fourth-order valence-corrected chi connectivity index (χ4v) is 4.30. The minimum atomic E-state index is -3.61. The summed E-state index contributed by atoms with van der Waals surface area (Å²) in [7, 11) is -2.02. The maximum atomic E-state index is 12.5. The molecule has 23 heavy (non-hydrogen) atoms. The lowest BCUT2D eigenvalue weighted by atomic mass is 10.1. The Labute approximate surface area is 134 Å². The second kappa shape index (κ2) is 6.06. The van der Waals surface area contributed by atoms with E-state index in [1.54, 1.807) is 25.6 Å². The van der Waals surface area contributed by atoms with Gasteiger partial charge in [0.25, 0.3) is 0 Å². The van der Waals surface area contributed by atoms with Crippen molar-refractivity contribution in [2.75, 3.05) is 7.11 Å². The number of hydrogen-bond acceptors (Lipinski definition) is 6. The topological polar surface area (TPSA) is 99.2 Å². The number of nitrogens with zero attached hydrogens (tertiary/aromatic N) is 3. The van der Waals surface area contributed by atoms with Crippen LogP contribution in [0.3, 0.4) is 0 Å². The molecule has 0 aliphatic carbocycles. The molecule has 3 rings (SSSR count). The number of furan rings is 1. The Morgan fingerprint density at radius 2 is 2.26 bits per heavy atom. The lowest BCUT2D eigenvalue weighted by molar-refractivity contribution is 0.177. The van der Waals surface area contributed by atoms with Gasteiger partial charge in [-0.15, -0.1) is 0 Å². The van der Waals surface area contributed by atoms with Gasteiger partial charge >= 0.3 is 0 Å². The molecular weight excluding hydrogens is 320 g/mol. The van der Waals surface area contributed by atoms with Gasteiger partial charge in [0.15, 0.2) is 5.82 Å². The summed E-state index contributed by atoms with van der Waals surface area (Å²) in [6, 6.07) is 1.32. The molecular formula is C14H20N4O4S. The van der Waals surface area contributed by atoms with Gasteiger partial charge in [0.2, 0.25) is 10.0 Å². The molecule has 2 aromatic rings. The predicted octanol–water partition coefficient (Wildman–Crippen LogP) is 0.928. The van der Waals surface area contributed by atoms with E-state index in [4.69, 9.17) is 9.15 Å². The zero-order chi connectivity index (χ0) is 16.6. The van der Waals surface area contributed by atoms with Gasteiger partial charge in [0, 0.05) is 19.6 Å². The van der Waals surface area contributed by atoms with Crippen LogP contribution in [0, 0.1) is 13.8 Å². The quantitative estimate of drug-likeness (QED) is 0.869. The lowest BCUT2D eigenvalue weighted by Gasteiger charge is -2.23. The second-order valence-electron chi connectivity index (χ2n) is 5.69. The molecule has 0 saturated carbocycles. The van der Waals surface area contributed by atoms with E-state index < -0.39 is 10.0 Å². The standard InChI is InChI=1S/C14H20N4O4S/c1-9-6-12(10(2)22-9)23(19,20)17-11-4-5-14-15-13(8-21-3)16-18(14)7-11/h6,11,17H,4-5,7-8H2,1-3H3/t11-/m0/s1. The number of nitrogens with one attached hydrogen (secondary N) is 1. The molecule has 1 aliphatic rings. The van der Waals surface area contributed by atoms with Crippen LogP contribution in [0.15, 0.2) is 15.4 Å². The van der Waals surface area contributed by atoms with Gasteiger partial charge < -0.3 is 9.15 Å². The molecule has 0 radical (unpaired) electrons. The van der Waals surface area contributed by atoms with Crippen molar-refractivity contribution < 1.29 is 17.6 Å².